The summed E-state index contributed by atoms with van der Waals surface area (Å²) in [6.45, 7) is 0. The Balaban J connectivity index is 2.86. The van der Waals surface area contributed by atoms with Crippen LogP contribution in [0.25, 0.3) is 0 Å². The van der Waals surface area contributed by atoms with Crippen molar-refractivity contribution < 1.29 is 14.3 Å². The number of benzene rings is 1. The third kappa shape index (κ3) is 2.35. The molecule has 0 radical (unpaired) electrons. The van der Waals surface area contributed by atoms with E-state index in [2.05, 4.69) is 5.16 Å². The fourth-order valence-corrected chi connectivity index (χ4v) is 1.06. The average Bonchev–Trinajstić information content (AvgIpc) is 2.18. The first-order valence-electron chi connectivity index (χ1n) is 3.96. The highest BCUT2D eigenvalue weighted by Crippen LogP contribution is 2.17. The van der Waals surface area contributed by atoms with Crippen molar-refractivity contribution in [3.8, 4) is 5.75 Å². The minimum Gasteiger partial charge on any atom is -0.494 e. The van der Waals surface area contributed by atoms with Crippen LogP contribution in [0.2, 0.25) is 0 Å². The van der Waals surface area contributed by atoms with Crippen molar-refractivity contribution in [2.24, 2.45) is 10.9 Å². The van der Waals surface area contributed by atoms with Gasteiger partial charge in [-0.25, -0.2) is 4.39 Å². The zero-order chi connectivity index (χ0) is 10.6. The highest BCUT2D eigenvalue weighted by molar-refractivity contribution is 5.82. The Bertz CT molecular complexity index is 353. The number of ether oxygens (including phenoxy) is 1. The van der Waals surface area contributed by atoms with Gasteiger partial charge in [-0.2, -0.15) is 0 Å². The van der Waals surface area contributed by atoms with Crippen LogP contribution in [0, 0.1) is 5.82 Å². The van der Waals surface area contributed by atoms with Crippen LogP contribution < -0.4 is 10.5 Å². The van der Waals surface area contributed by atoms with E-state index in [1.165, 1.54) is 19.2 Å². The summed E-state index contributed by atoms with van der Waals surface area (Å²) in [7, 11) is 1.39. The number of nitrogens with zero attached hydrogens (tertiary/aromatic N) is 1. The minimum atomic E-state index is -0.462. The van der Waals surface area contributed by atoms with Gasteiger partial charge in [0, 0.05) is 6.42 Å². The lowest BCUT2D eigenvalue weighted by Crippen LogP contribution is -2.14. The van der Waals surface area contributed by atoms with E-state index in [1.807, 2.05) is 0 Å². The van der Waals surface area contributed by atoms with E-state index in [9.17, 15) is 4.39 Å². The highest BCUT2D eigenvalue weighted by atomic mass is 19.1. The average molecular weight is 198 g/mol. The predicted octanol–water partition coefficient (Wildman–Crippen LogP) is 1.12. The van der Waals surface area contributed by atoms with E-state index >= 15 is 0 Å². The summed E-state index contributed by atoms with van der Waals surface area (Å²) in [6.07, 6.45) is 0.206. The molecule has 1 aromatic carbocycles. The van der Waals surface area contributed by atoms with Crippen molar-refractivity contribution >= 4 is 5.84 Å². The van der Waals surface area contributed by atoms with Gasteiger partial charge in [-0.3, -0.25) is 0 Å². The van der Waals surface area contributed by atoms with Crippen molar-refractivity contribution in [1.29, 1.82) is 0 Å². The van der Waals surface area contributed by atoms with Crippen molar-refractivity contribution in [3.63, 3.8) is 0 Å². The van der Waals surface area contributed by atoms with Gasteiger partial charge in [0.25, 0.3) is 0 Å². The summed E-state index contributed by atoms with van der Waals surface area (Å²) < 4.78 is 17.9. The van der Waals surface area contributed by atoms with Crippen LogP contribution in [0.3, 0.4) is 0 Å². The molecule has 0 amide bonds. The molecule has 0 bridgehead atoms. The third-order valence-electron chi connectivity index (χ3n) is 1.73. The number of hydrogen-bond donors (Lipinski definition) is 2. The van der Waals surface area contributed by atoms with Gasteiger partial charge < -0.3 is 15.7 Å². The first-order valence-corrected chi connectivity index (χ1v) is 3.96. The molecule has 0 saturated carbocycles. The van der Waals surface area contributed by atoms with Gasteiger partial charge in [0.05, 0.1) is 7.11 Å². The lowest BCUT2D eigenvalue weighted by atomic mass is 10.1. The molecule has 0 aliphatic heterocycles. The Labute approximate surface area is 80.8 Å². The second-order valence-corrected chi connectivity index (χ2v) is 2.74. The standard InChI is InChI=1S/C9H11FN2O2/c1-14-8-3-2-6(4-7(8)10)5-9(11)12-13/h2-4,13H,5H2,1H3,(H2,11,12). The molecule has 0 aliphatic carbocycles. The Hall–Kier alpha value is -1.78. The van der Waals surface area contributed by atoms with Gasteiger partial charge in [0.2, 0.25) is 0 Å². The normalized spacial score (nSPS) is 11.4. The monoisotopic (exact) mass is 198 g/mol. The zero-order valence-corrected chi connectivity index (χ0v) is 7.70. The van der Waals surface area contributed by atoms with Crippen LogP contribution in [0.15, 0.2) is 23.4 Å². The third-order valence-corrected chi connectivity index (χ3v) is 1.73. The van der Waals surface area contributed by atoms with E-state index in [-0.39, 0.29) is 18.0 Å². The number of hydrogen-bond acceptors (Lipinski definition) is 3. The minimum absolute atomic E-state index is 0.0366. The fourth-order valence-electron chi connectivity index (χ4n) is 1.06. The molecule has 0 aromatic heterocycles. The second-order valence-electron chi connectivity index (χ2n) is 2.74. The predicted molar refractivity (Wildman–Crippen MR) is 50.1 cm³/mol. The van der Waals surface area contributed by atoms with Gasteiger partial charge >= 0.3 is 0 Å². The molecule has 0 spiro atoms. The van der Waals surface area contributed by atoms with Crippen molar-refractivity contribution in [2.45, 2.75) is 6.42 Å². The molecular weight excluding hydrogens is 187 g/mol. The number of amidine groups is 1. The molecule has 0 fully saturated rings. The molecule has 3 N–H and O–H groups in total. The molecule has 0 saturated heterocycles. The molecule has 0 atom stereocenters. The number of methoxy groups -OCH3 is 1. The van der Waals surface area contributed by atoms with Crippen LogP contribution >= 0.6 is 0 Å². The van der Waals surface area contributed by atoms with Gasteiger partial charge in [-0.1, -0.05) is 11.2 Å². The lowest BCUT2D eigenvalue weighted by molar-refractivity contribution is 0.317. The molecule has 5 heteroatoms. The summed E-state index contributed by atoms with van der Waals surface area (Å²) in [5.74, 6) is -0.251. The van der Waals surface area contributed by atoms with E-state index in [1.54, 1.807) is 6.07 Å². The maximum Gasteiger partial charge on any atom is 0.165 e. The van der Waals surface area contributed by atoms with Crippen LogP contribution in [-0.2, 0) is 6.42 Å². The summed E-state index contributed by atoms with van der Waals surface area (Å²) in [6, 6.07) is 4.44. The van der Waals surface area contributed by atoms with Crippen molar-refractivity contribution in [3.05, 3.63) is 29.6 Å². The van der Waals surface area contributed by atoms with Gasteiger partial charge in [0.1, 0.15) is 5.84 Å². The van der Waals surface area contributed by atoms with Crippen molar-refractivity contribution in [2.75, 3.05) is 7.11 Å². The smallest absolute Gasteiger partial charge is 0.165 e. The molecule has 1 aromatic rings. The topological polar surface area (TPSA) is 67.8 Å². The summed E-state index contributed by atoms with van der Waals surface area (Å²) in [4.78, 5) is 0. The number of halogens is 1. The molecule has 1 rings (SSSR count). The van der Waals surface area contributed by atoms with Crippen LogP contribution in [0.4, 0.5) is 4.39 Å². The fraction of sp³-hybridized carbons (Fsp3) is 0.222. The maximum atomic E-state index is 13.1. The van der Waals surface area contributed by atoms with E-state index in [4.69, 9.17) is 15.7 Å². The lowest BCUT2D eigenvalue weighted by Gasteiger charge is -2.04. The van der Waals surface area contributed by atoms with Crippen molar-refractivity contribution in [1.82, 2.24) is 0 Å². The molecule has 0 aliphatic rings. The molecule has 0 unspecified atom stereocenters. The molecule has 14 heavy (non-hydrogen) atoms. The first-order chi connectivity index (χ1) is 6.67. The summed E-state index contributed by atoms with van der Waals surface area (Å²) >= 11 is 0. The SMILES string of the molecule is COc1ccc(C/C(N)=N\O)cc1F. The Morgan fingerprint density at radius 2 is 2.36 bits per heavy atom. The number of oxime groups is 1. The quantitative estimate of drug-likeness (QED) is 0.331. The van der Waals surface area contributed by atoms with Gasteiger partial charge in [0.15, 0.2) is 11.6 Å². The molecule has 76 valence electrons. The molecular formula is C9H11FN2O2. The van der Waals surface area contributed by atoms with E-state index < -0.39 is 5.82 Å². The van der Waals surface area contributed by atoms with E-state index in [0.717, 1.165) is 0 Å². The Morgan fingerprint density at radius 1 is 1.64 bits per heavy atom. The zero-order valence-electron chi connectivity index (χ0n) is 7.70. The summed E-state index contributed by atoms with van der Waals surface area (Å²) in [5.41, 5.74) is 5.90. The Morgan fingerprint density at radius 3 is 2.86 bits per heavy atom. The largest absolute Gasteiger partial charge is 0.494 e. The maximum absolute atomic E-state index is 13.1. The highest BCUT2D eigenvalue weighted by Gasteiger charge is 2.04. The second kappa shape index (κ2) is 4.45. The number of nitrogens with two attached hydrogens (primary N) is 1. The summed E-state index contributed by atoms with van der Waals surface area (Å²) in [5, 5.41) is 11.1. The van der Waals surface area contributed by atoms with E-state index in [0.29, 0.717) is 5.56 Å². The van der Waals surface area contributed by atoms with Crippen LogP contribution in [0.1, 0.15) is 5.56 Å². The Kier molecular flexibility index (Phi) is 3.28. The van der Waals surface area contributed by atoms with Crippen LogP contribution in [0.5, 0.6) is 5.75 Å². The molecule has 4 nitrogen and oxygen atoms in total. The molecule has 0 heterocycles. The number of rotatable bonds is 3. The first kappa shape index (κ1) is 10.3. The van der Waals surface area contributed by atoms with Gasteiger partial charge in [-0.05, 0) is 17.7 Å². The van der Waals surface area contributed by atoms with Gasteiger partial charge in [-0.15, -0.1) is 0 Å². The van der Waals surface area contributed by atoms with Crippen LogP contribution in [-0.4, -0.2) is 18.2 Å².